The van der Waals surface area contributed by atoms with Crippen molar-refractivity contribution in [1.29, 1.82) is 0 Å². The molecule has 47 heavy (non-hydrogen) atoms. The quantitative estimate of drug-likeness (QED) is 0.321. The molecule has 0 bridgehead atoms. The van der Waals surface area contributed by atoms with Crippen molar-refractivity contribution in [2.75, 3.05) is 32.1 Å². The molecule has 0 aromatic heterocycles. The standard InChI is InChI=1S/C34H37Cl2N3O7S/c35-26-7-4-8-27(36)31(26)30-25(33(42)43)18-39(19-47(46)24-5-2-1-3-6-24)28(32(30)34(44)45)17-29(41)38-11-9-37(10-12-38)22-13-20-15-23(40)16-21(20)14-22/h1-8,18,20-23,30,40H,9-17,19H2,(H,42,43)(H,44,45). The number of halogens is 2. The predicted octanol–water partition coefficient (Wildman–Crippen LogP) is 4.55. The zero-order chi connectivity index (χ0) is 33.4. The van der Waals surface area contributed by atoms with Crippen LogP contribution in [0.4, 0.5) is 0 Å². The van der Waals surface area contributed by atoms with E-state index in [1.54, 1.807) is 41.3 Å². The molecule has 4 unspecified atom stereocenters. The number of carbonyl (C=O) groups is 3. The van der Waals surface area contributed by atoms with E-state index in [1.165, 1.54) is 23.2 Å². The summed E-state index contributed by atoms with van der Waals surface area (Å²) in [4.78, 5) is 45.6. The lowest BCUT2D eigenvalue weighted by molar-refractivity contribution is -0.133. The Bertz CT molecular complexity index is 1560. The van der Waals surface area contributed by atoms with Crippen LogP contribution in [0.5, 0.6) is 0 Å². The molecule has 2 aromatic carbocycles. The third kappa shape index (κ3) is 7.06. The maximum Gasteiger partial charge on any atom is 0.334 e. The second kappa shape index (κ2) is 14.2. The summed E-state index contributed by atoms with van der Waals surface area (Å²) in [7, 11) is 0. The molecule has 2 aromatic rings. The van der Waals surface area contributed by atoms with Gasteiger partial charge in [-0.1, -0.05) is 47.5 Å². The number of carboxylic acid groups (broad SMARTS) is 2. The van der Waals surface area contributed by atoms with Crippen molar-refractivity contribution < 1.29 is 34.3 Å². The molecular weight excluding hydrogens is 665 g/mol. The van der Waals surface area contributed by atoms with E-state index in [0.717, 1.165) is 25.7 Å². The summed E-state index contributed by atoms with van der Waals surface area (Å²) in [6, 6.07) is 13.6. The molecule has 1 saturated heterocycles. The minimum atomic E-state index is -1.69. The number of aliphatic hydroxyl groups is 1. The van der Waals surface area contributed by atoms with Crippen LogP contribution in [0, 0.1) is 11.8 Å². The average molecular weight is 703 g/mol. The van der Waals surface area contributed by atoms with Gasteiger partial charge in [-0.3, -0.25) is 9.69 Å². The van der Waals surface area contributed by atoms with Crippen LogP contribution in [0.25, 0.3) is 0 Å². The van der Waals surface area contributed by atoms with Crippen molar-refractivity contribution in [3.63, 3.8) is 0 Å². The third-order valence-electron chi connectivity index (χ3n) is 10.0. The lowest BCUT2D eigenvalue weighted by Gasteiger charge is -2.39. The predicted molar refractivity (Wildman–Crippen MR) is 177 cm³/mol. The normalized spacial score (nSPS) is 27.1. The fourth-order valence-electron chi connectivity index (χ4n) is 7.84. The number of rotatable bonds is 9. The molecule has 13 heteroatoms. The van der Waals surface area contributed by atoms with Crippen LogP contribution in [0.3, 0.4) is 0 Å². The van der Waals surface area contributed by atoms with Crippen LogP contribution in [0.15, 0.2) is 76.5 Å². The van der Waals surface area contributed by atoms with E-state index in [9.17, 15) is 34.3 Å². The number of aliphatic carboxylic acids is 2. The molecule has 0 radical (unpaired) electrons. The SMILES string of the molecule is O=C(O)C1=CN(C[S+]([O-])c2ccccc2)C(CC(=O)N2CCN(C3CC4CC(O)CC4C3)CC2)=C(C(=O)O)C1c1c(Cl)cccc1Cl. The summed E-state index contributed by atoms with van der Waals surface area (Å²) in [6.07, 6.45) is 4.57. The van der Waals surface area contributed by atoms with E-state index in [-0.39, 0.29) is 56.8 Å². The molecule has 10 nitrogen and oxygen atoms in total. The second-order valence-electron chi connectivity index (χ2n) is 12.7. The Labute approximate surface area is 286 Å². The number of carbonyl (C=O) groups excluding carboxylic acids is 1. The van der Waals surface area contributed by atoms with E-state index in [0.29, 0.717) is 49.0 Å². The zero-order valence-corrected chi connectivity index (χ0v) is 28.0. The Hall–Kier alpha value is -3.06. The molecule has 2 aliphatic carbocycles. The summed E-state index contributed by atoms with van der Waals surface area (Å²) in [6.45, 7) is 2.31. The molecule has 2 heterocycles. The Balaban J connectivity index is 1.29. The molecule has 250 valence electrons. The molecule has 1 amide bonds. The van der Waals surface area contributed by atoms with Gasteiger partial charge in [-0.25, -0.2) is 9.59 Å². The molecule has 4 aliphatic rings. The Morgan fingerprint density at radius 1 is 0.851 bits per heavy atom. The van der Waals surface area contributed by atoms with Gasteiger partial charge in [0.05, 0.1) is 29.6 Å². The summed E-state index contributed by atoms with van der Waals surface area (Å²) < 4.78 is 13.5. The highest BCUT2D eigenvalue weighted by atomic mass is 35.5. The van der Waals surface area contributed by atoms with Gasteiger partial charge in [0.15, 0.2) is 10.8 Å². The largest absolute Gasteiger partial charge is 0.610 e. The summed E-state index contributed by atoms with van der Waals surface area (Å²) >= 11 is 11.3. The first-order valence-electron chi connectivity index (χ1n) is 15.8. The van der Waals surface area contributed by atoms with Gasteiger partial charge in [-0.05, 0) is 61.8 Å². The van der Waals surface area contributed by atoms with Crippen molar-refractivity contribution in [2.24, 2.45) is 11.8 Å². The Morgan fingerprint density at radius 3 is 2.04 bits per heavy atom. The van der Waals surface area contributed by atoms with Crippen molar-refractivity contribution in [2.45, 2.75) is 55.1 Å². The van der Waals surface area contributed by atoms with Gasteiger partial charge in [0.2, 0.25) is 5.91 Å². The van der Waals surface area contributed by atoms with Gasteiger partial charge >= 0.3 is 11.9 Å². The van der Waals surface area contributed by atoms with E-state index in [4.69, 9.17) is 23.2 Å². The van der Waals surface area contributed by atoms with Crippen molar-refractivity contribution in [3.8, 4) is 0 Å². The van der Waals surface area contributed by atoms with Gasteiger partial charge < -0.3 is 29.7 Å². The first kappa shape index (κ1) is 33.8. The second-order valence-corrected chi connectivity index (χ2v) is 15.0. The lowest BCUT2D eigenvalue weighted by atomic mass is 9.80. The van der Waals surface area contributed by atoms with Gasteiger partial charge in [-0.2, -0.15) is 0 Å². The molecule has 2 saturated carbocycles. The summed E-state index contributed by atoms with van der Waals surface area (Å²) in [5.41, 5.74) is -0.516. The number of fused-ring (bicyclic) bond motifs is 1. The Morgan fingerprint density at radius 2 is 1.47 bits per heavy atom. The average Bonchev–Trinajstić information content (AvgIpc) is 3.59. The van der Waals surface area contributed by atoms with Gasteiger partial charge in [0.25, 0.3) is 0 Å². The van der Waals surface area contributed by atoms with Crippen molar-refractivity contribution >= 4 is 52.2 Å². The van der Waals surface area contributed by atoms with Crippen LogP contribution >= 0.6 is 23.2 Å². The van der Waals surface area contributed by atoms with Crippen LogP contribution in [-0.2, 0) is 25.6 Å². The van der Waals surface area contributed by atoms with E-state index in [2.05, 4.69) is 4.90 Å². The smallest absolute Gasteiger partial charge is 0.334 e. The van der Waals surface area contributed by atoms with Crippen LogP contribution < -0.4 is 0 Å². The lowest BCUT2D eigenvalue weighted by Crippen LogP contribution is -2.52. The zero-order valence-electron chi connectivity index (χ0n) is 25.6. The molecular formula is C34H37Cl2N3O7S. The molecule has 6 rings (SSSR count). The molecule has 4 atom stereocenters. The van der Waals surface area contributed by atoms with Crippen LogP contribution in [0.1, 0.15) is 43.6 Å². The molecule has 3 fully saturated rings. The number of hydrogen-bond donors (Lipinski definition) is 3. The first-order chi connectivity index (χ1) is 22.5. The summed E-state index contributed by atoms with van der Waals surface area (Å²) in [5, 5.41) is 31.1. The highest BCUT2D eigenvalue weighted by Crippen LogP contribution is 2.47. The maximum absolute atomic E-state index is 13.9. The monoisotopic (exact) mass is 701 g/mol. The molecule has 0 spiro atoms. The first-order valence-corrected chi connectivity index (χ1v) is 17.8. The highest BCUT2D eigenvalue weighted by Gasteiger charge is 2.44. The van der Waals surface area contributed by atoms with E-state index in [1.807, 2.05) is 0 Å². The molecule has 3 N–H and O–H groups in total. The minimum absolute atomic E-state index is 0.0439. The Kier molecular flexibility index (Phi) is 10.2. The molecule has 2 aliphatic heterocycles. The van der Waals surface area contributed by atoms with Crippen molar-refractivity contribution in [3.05, 3.63) is 87.2 Å². The van der Waals surface area contributed by atoms with Crippen molar-refractivity contribution in [1.82, 2.24) is 14.7 Å². The van der Waals surface area contributed by atoms with Gasteiger partial charge in [0.1, 0.15) is 0 Å². The third-order valence-corrected chi connectivity index (χ3v) is 12.0. The highest BCUT2D eigenvalue weighted by molar-refractivity contribution is 7.91. The fraction of sp³-hybridized carbons (Fsp3) is 0.441. The van der Waals surface area contributed by atoms with Crippen LogP contribution in [0.2, 0.25) is 10.0 Å². The number of aliphatic hydroxyl groups excluding tert-OH is 1. The van der Waals surface area contributed by atoms with Gasteiger partial charge in [0, 0.05) is 70.9 Å². The minimum Gasteiger partial charge on any atom is -0.610 e. The van der Waals surface area contributed by atoms with E-state index >= 15 is 0 Å². The van der Waals surface area contributed by atoms with Gasteiger partial charge in [-0.15, -0.1) is 0 Å². The number of nitrogens with zero attached hydrogens (tertiary/aromatic N) is 3. The van der Waals surface area contributed by atoms with E-state index < -0.39 is 29.0 Å². The number of piperazine rings is 1. The number of amides is 1. The summed E-state index contributed by atoms with van der Waals surface area (Å²) in [5.74, 6) is -3.68. The topological polar surface area (TPSA) is 145 Å². The fourth-order valence-corrected chi connectivity index (χ4v) is 9.54. The number of benzene rings is 2. The maximum atomic E-state index is 13.9. The number of carboxylic acids is 2. The van der Waals surface area contributed by atoms with Crippen LogP contribution in [-0.4, -0.2) is 96.6 Å². The number of hydrogen-bond acceptors (Lipinski definition) is 7.